The van der Waals surface area contributed by atoms with Crippen molar-refractivity contribution in [2.45, 2.75) is 26.1 Å². The first-order valence-corrected chi connectivity index (χ1v) is 13.6. The zero-order valence-corrected chi connectivity index (χ0v) is 25.4. The van der Waals surface area contributed by atoms with E-state index in [1.54, 1.807) is 44.2 Å². The number of nitrogens with one attached hydrogen (secondary N) is 3. The number of ether oxygens (including phenoxy) is 5. The highest BCUT2D eigenvalue weighted by molar-refractivity contribution is 14.1. The Bertz CT molecular complexity index is 1380. The molecule has 0 saturated heterocycles. The average molecular weight is 698 g/mol. The van der Waals surface area contributed by atoms with Crippen LogP contribution in [-0.4, -0.2) is 74.7 Å². The smallest absolute Gasteiger partial charge is 0.341 e. The lowest BCUT2D eigenvalue weighted by Crippen LogP contribution is -2.45. The quantitative estimate of drug-likeness (QED) is 0.0641. The number of benzene rings is 2. The van der Waals surface area contributed by atoms with Gasteiger partial charge in [0.15, 0.2) is 35.8 Å². The number of aliphatic hydroxyl groups excluding tert-OH is 1. The molecule has 14 nitrogen and oxygen atoms in total. The van der Waals surface area contributed by atoms with Gasteiger partial charge < -0.3 is 44.5 Å². The highest BCUT2D eigenvalue weighted by Gasteiger charge is 2.32. The number of amides is 2. The molecule has 0 aromatic heterocycles. The molecule has 3 rings (SSSR count). The Morgan fingerprint density at radius 2 is 1.90 bits per heavy atom. The number of esters is 1. The van der Waals surface area contributed by atoms with Crippen LogP contribution in [0.3, 0.4) is 0 Å². The van der Waals surface area contributed by atoms with E-state index in [1.807, 2.05) is 22.6 Å². The van der Waals surface area contributed by atoms with E-state index < -0.39 is 36.8 Å². The van der Waals surface area contributed by atoms with Gasteiger partial charge in [-0.1, -0.05) is 6.07 Å². The minimum absolute atomic E-state index is 0.198. The molecule has 42 heavy (non-hydrogen) atoms. The molecule has 226 valence electrons. The molecule has 0 unspecified atom stereocenters. The molecule has 5 N–H and O–H groups in total. The summed E-state index contributed by atoms with van der Waals surface area (Å²) in [6.07, 6.45) is 0.242. The van der Waals surface area contributed by atoms with Gasteiger partial charge in [0.05, 0.1) is 42.2 Å². The normalized spacial score (nSPS) is 15.4. The van der Waals surface area contributed by atoms with E-state index in [0.717, 1.165) is 0 Å². The van der Waals surface area contributed by atoms with E-state index in [9.17, 15) is 19.5 Å². The summed E-state index contributed by atoms with van der Waals surface area (Å²) in [4.78, 5) is 35.3. The number of hydrazone groups is 1. The number of carbonyl (C=O) groups is 3. The second-order valence-electron chi connectivity index (χ2n) is 8.63. The van der Waals surface area contributed by atoms with Crippen LogP contribution in [-0.2, 0) is 14.3 Å². The van der Waals surface area contributed by atoms with Crippen molar-refractivity contribution in [1.29, 1.82) is 0 Å². The van der Waals surface area contributed by atoms with Crippen LogP contribution in [0.5, 0.6) is 23.0 Å². The van der Waals surface area contributed by atoms with E-state index >= 15 is 0 Å². The summed E-state index contributed by atoms with van der Waals surface area (Å²) in [5.74, 6) is -0.416. The van der Waals surface area contributed by atoms with Gasteiger partial charge in [-0.15, -0.1) is 0 Å². The lowest BCUT2D eigenvalue weighted by atomic mass is 9.95. The predicted molar refractivity (Wildman–Crippen MR) is 158 cm³/mol. The monoisotopic (exact) mass is 698 g/mol. The summed E-state index contributed by atoms with van der Waals surface area (Å²) in [7, 11) is 2.69. The van der Waals surface area contributed by atoms with Gasteiger partial charge in [-0.05, 0) is 71.8 Å². The van der Waals surface area contributed by atoms with Crippen molar-refractivity contribution in [2.24, 2.45) is 5.10 Å². The van der Waals surface area contributed by atoms with Gasteiger partial charge in [0.2, 0.25) is 0 Å². The topological polar surface area (TPSA) is 186 Å². The summed E-state index contributed by atoms with van der Waals surface area (Å²) in [6, 6.07) is 6.99. The first-order valence-electron chi connectivity index (χ1n) is 12.5. The van der Waals surface area contributed by atoms with Crippen LogP contribution < -0.4 is 35.0 Å². The van der Waals surface area contributed by atoms with Crippen molar-refractivity contribution in [3.8, 4) is 23.0 Å². The number of aliphatic carboxylic acids is 1. The Labute approximate surface area is 255 Å². The maximum absolute atomic E-state index is 12.4. The molecule has 0 aliphatic carbocycles. The van der Waals surface area contributed by atoms with Gasteiger partial charge in [-0.3, -0.25) is 5.43 Å². The number of nitrogens with zero attached hydrogens (tertiary/aromatic N) is 1. The van der Waals surface area contributed by atoms with E-state index in [0.29, 0.717) is 50.0 Å². The summed E-state index contributed by atoms with van der Waals surface area (Å²) in [6.45, 7) is 3.00. The van der Waals surface area contributed by atoms with E-state index in [-0.39, 0.29) is 12.2 Å². The second kappa shape index (κ2) is 15.1. The molecule has 2 amide bonds. The van der Waals surface area contributed by atoms with Crippen LogP contribution in [0, 0.1) is 3.57 Å². The first-order chi connectivity index (χ1) is 20.1. The van der Waals surface area contributed by atoms with Crippen molar-refractivity contribution in [1.82, 2.24) is 16.1 Å². The maximum Gasteiger partial charge on any atom is 0.341 e. The minimum atomic E-state index is -1.20. The molecule has 2 aromatic rings. The summed E-state index contributed by atoms with van der Waals surface area (Å²) in [5.41, 5.74) is 4.35. The molecule has 0 bridgehead atoms. The molecule has 2 aromatic carbocycles. The van der Waals surface area contributed by atoms with Crippen molar-refractivity contribution < 1.29 is 48.3 Å². The van der Waals surface area contributed by atoms with Crippen LogP contribution in [0.2, 0.25) is 0 Å². The van der Waals surface area contributed by atoms with Crippen LogP contribution in [0.25, 0.3) is 0 Å². The van der Waals surface area contributed by atoms with Gasteiger partial charge >= 0.3 is 18.0 Å². The zero-order chi connectivity index (χ0) is 30.8. The van der Waals surface area contributed by atoms with Crippen LogP contribution in [0.1, 0.15) is 31.0 Å². The van der Waals surface area contributed by atoms with Crippen molar-refractivity contribution in [3.05, 3.63) is 56.3 Å². The fourth-order valence-electron chi connectivity index (χ4n) is 3.91. The van der Waals surface area contributed by atoms with Crippen molar-refractivity contribution in [3.63, 3.8) is 0 Å². The maximum atomic E-state index is 12.4. The molecule has 2 atom stereocenters. The molecule has 1 aliphatic rings. The summed E-state index contributed by atoms with van der Waals surface area (Å²) < 4.78 is 27.5. The number of allylic oxidation sites excluding steroid dienone is 1. The minimum Gasteiger partial charge on any atom is -0.493 e. The Kier molecular flexibility index (Phi) is 11.6. The number of urea groups is 1. The molecule has 0 fully saturated rings. The molecule has 15 heteroatoms. The Morgan fingerprint density at radius 3 is 2.57 bits per heavy atom. The Hall–Kier alpha value is -4.25. The molecule has 0 spiro atoms. The van der Waals surface area contributed by atoms with E-state index in [1.165, 1.54) is 20.4 Å². The fraction of sp³-hybridized carbons (Fsp3) is 0.333. The summed E-state index contributed by atoms with van der Waals surface area (Å²) >= 11 is 1.99. The molecular weight excluding hydrogens is 667 g/mol. The number of hydrogen-bond acceptors (Lipinski definition) is 11. The van der Waals surface area contributed by atoms with E-state index in [2.05, 4.69) is 21.2 Å². The van der Waals surface area contributed by atoms with Crippen LogP contribution in [0.4, 0.5) is 4.79 Å². The van der Waals surface area contributed by atoms with E-state index in [4.69, 9.17) is 28.8 Å². The van der Waals surface area contributed by atoms with Crippen molar-refractivity contribution in [2.75, 3.05) is 34.0 Å². The average Bonchev–Trinajstić information content (AvgIpc) is 2.94. The fourth-order valence-corrected chi connectivity index (χ4v) is 4.69. The number of halogens is 1. The Morgan fingerprint density at radius 1 is 1.14 bits per heavy atom. The number of carbonyl (C=O) groups excluding carboxylic acids is 2. The molecule has 1 heterocycles. The Balaban J connectivity index is 1.68. The van der Waals surface area contributed by atoms with Crippen LogP contribution in [0.15, 0.2) is 46.7 Å². The van der Waals surface area contributed by atoms with Crippen molar-refractivity contribution >= 4 is 46.8 Å². The molecule has 0 radical (unpaired) electrons. The SMILES string of the molecule is CCOc1cc([C@H]2NC(=O)NC(C)=C2C(=O)OC)ccc1OC[C@@H](O)N/N=C\c1cc(I)c(OCC(=O)O)c(OC)c1. The number of carboxylic acid groups (broad SMARTS) is 1. The van der Waals surface area contributed by atoms with Crippen LogP contribution >= 0.6 is 22.6 Å². The molecular formula is C27H31IN4O10. The highest BCUT2D eigenvalue weighted by Crippen LogP contribution is 2.35. The van der Waals surface area contributed by atoms with Gasteiger partial charge in [0.1, 0.15) is 6.61 Å². The van der Waals surface area contributed by atoms with Gasteiger partial charge in [0.25, 0.3) is 0 Å². The lowest BCUT2D eigenvalue weighted by molar-refractivity contribution is -0.139. The number of carboxylic acids is 1. The third-order valence-corrected chi connectivity index (χ3v) is 6.50. The van der Waals surface area contributed by atoms with Gasteiger partial charge in [-0.2, -0.15) is 5.10 Å². The first kappa shape index (κ1) is 32.3. The summed E-state index contributed by atoms with van der Waals surface area (Å²) in [5, 5.41) is 28.5. The number of hydrogen-bond donors (Lipinski definition) is 5. The molecule has 0 saturated carbocycles. The zero-order valence-electron chi connectivity index (χ0n) is 23.2. The largest absolute Gasteiger partial charge is 0.493 e. The van der Waals surface area contributed by atoms with Gasteiger partial charge in [-0.25, -0.2) is 14.4 Å². The number of methoxy groups -OCH3 is 2. The lowest BCUT2D eigenvalue weighted by Gasteiger charge is -2.28. The number of rotatable bonds is 14. The number of aliphatic hydroxyl groups is 1. The standard InChI is InChI=1S/C27H31IN4O10/c1-5-40-19-10-16(24-23(26(36)39-4)14(2)30-27(37)31-24)6-7-18(19)41-12-21(33)32-29-11-15-8-17(28)25(20(9-15)38-3)42-13-22(34)35/h6-11,21,24,32-33H,5,12-13H2,1-4H3,(H,34,35)(H2,30,31,37)/b29-11-/t21-,24-/m1/s1. The third kappa shape index (κ3) is 8.39. The second-order valence-corrected chi connectivity index (χ2v) is 9.79. The third-order valence-electron chi connectivity index (χ3n) is 5.70. The highest BCUT2D eigenvalue weighted by atomic mass is 127. The van der Waals surface area contributed by atoms with Gasteiger partial charge in [0, 0.05) is 5.70 Å². The predicted octanol–water partition coefficient (Wildman–Crippen LogP) is 2.28. The molecule has 1 aliphatic heterocycles.